The summed E-state index contributed by atoms with van der Waals surface area (Å²) in [5, 5.41) is 2.41. The van der Waals surface area contributed by atoms with Crippen LogP contribution in [0.1, 0.15) is 29.8 Å². The lowest BCUT2D eigenvalue weighted by molar-refractivity contribution is -0.137. The first-order chi connectivity index (χ1) is 11.8. The molecule has 0 unspecified atom stereocenters. The van der Waals surface area contributed by atoms with Crippen LogP contribution in [0.2, 0.25) is 5.02 Å². The highest BCUT2D eigenvalue weighted by Crippen LogP contribution is 2.34. The molecule has 2 aromatic rings. The molecule has 0 aliphatic heterocycles. The molecular weight excluding hydrogens is 355 g/mol. The maximum absolute atomic E-state index is 12.8. The van der Waals surface area contributed by atoms with E-state index in [9.17, 15) is 18.0 Å². The minimum absolute atomic E-state index is 0.0223. The lowest BCUT2D eigenvalue weighted by Gasteiger charge is -2.19. The van der Waals surface area contributed by atoms with Crippen LogP contribution in [0.15, 0.2) is 36.5 Å². The molecular formula is C17H17ClF3N3O. The number of carbonyl (C=O) groups excluding carboxylic acids is 1. The third-order valence-electron chi connectivity index (χ3n) is 3.64. The molecule has 0 fully saturated rings. The summed E-state index contributed by atoms with van der Waals surface area (Å²) < 4.78 is 38.3. The van der Waals surface area contributed by atoms with Gasteiger partial charge in [-0.1, -0.05) is 11.6 Å². The minimum atomic E-state index is -4.52. The average Bonchev–Trinajstić information content (AvgIpc) is 2.57. The van der Waals surface area contributed by atoms with E-state index in [1.807, 2.05) is 18.7 Å². The Morgan fingerprint density at radius 3 is 2.40 bits per heavy atom. The fourth-order valence-corrected chi connectivity index (χ4v) is 2.41. The SMILES string of the molecule is CCN(CC)c1ccc(C(=O)Nc2cc(C(F)(F)F)ccc2Cl)cn1. The molecule has 134 valence electrons. The zero-order valence-electron chi connectivity index (χ0n) is 13.7. The van der Waals surface area contributed by atoms with E-state index < -0.39 is 17.6 Å². The van der Waals surface area contributed by atoms with E-state index in [0.717, 1.165) is 37.1 Å². The number of carbonyl (C=O) groups is 1. The van der Waals surface area contributed by atoms with Gasteiger partial charge in [-0.25, -0.2) is 4.98 Å². The Morgan fingerprint density at radius 1 is 1.20 bits per heavy atom. The van der Waals surface area contributed by atoms with Crippen LogP contribution < -0.4 is 10.2 Å². The Labute approximate surface area is 148 Å². The molecule has 1 aromatic heterocycles. The predicted molar refractivity (Wildman–Crippen MR) is 92.2 cm³/mol. The molecule has 1 N–H and O–H groups in total. The first-order valence-electron chi connectivity index (χ1n) is 7.65. The topological polar surface area (TPSA) is 45.2 Å². The predicted octanol–water partition coefficient (Wildman–Crippen LogP) is 4.85. The van der Waals surface area contributed by atoms with Crippen LogP contribution in [0, 0.1) is 0 Å². The van der Waals surface area contributed by atoms with Gasteiger partial charge < -0.3 is 10.2 Å². The summed E-state index contributed by atoms with van der Waals surface area (Å²) in [7, 11) is 0. The highest BCUT2D eigenvalue weighted by atomic mass is 35.5. The zero-order chi connectivity index (χ0) is 18.6. The molecule has 8 heteroatoms. The molecule has 25 heavy (non-hydrogen) atoms. The third kappa shape index (κ3) is 4.63. The summed E-state index contributed by atoms with van der Waals surface area (Å²) in [6.45, 7) is 5.52. The van der Waals surface area contributed by atoms with Crippen molar-refractivity contribution in [1.29, 1.82) is 0 Å². The number of rotatable bonds is 5. The summed E-state index contributed by atoms with van der Waals surface area (Å²) >= 11 is 5.88. The van der Waals surface area contributed by atoms with E-state index in [1.165, 1.54) is 6.20 Å². The molecule has 4 nitrogen and oxygen atoms in total. The van der Waals surface area contributed by atoms with Gasteiger partial charge in [-0.2, -0.15) is 13.2 Å². The number of anilines is 2. The number of halogens is 4. The molecule has 2 rings (SSSR count). The largest absolute Gasteiger partial charge is 0.416 e. The zero-order valence-corrected chi connectivity index (χ0v) is 14.4. The van der Waals surface area contributed by atoms with Gasteiger partial charge in [0.05, 0.1) is 21.8 Å². The summed E-state index contributed by atoms with van der Waals surface area (Å²) in [4.78, 5) is 18.5. The summed E-state index contributed by atoms with van der Waals surface area (Å²) in [6, 6.07) is 6.02. The molecule has 1 aromatic carbocycles. The Bertz CT molecular complexity index is 744. The van der Waals surface area contributed by atoms with Gasteiger partial charge in [-0.3, -0.25) is 4.79 Å². The number of nitrogens with one attached hydrogen (secondary N) is 1. The number of hydrogen-bond donors (Lipinski definition) is 1. The van der Waals surface area contributed by atoms with Crippen molar-refractivity contribution >= 4 is 29.0 Å². The number of alkyl halides is 3. The van der Waals surface area contributed by atoms with Gasteiger partial charge in [0, 0.05) is 19.3 Å². The van der Waals surface area contributed by atoms with Crippen molar-refractivity contribution < 1.29 is 18.0 Å². The van der Waals surface area contributed by atoms with E-state index in [-0.39, 0.29) is 16.3 Å². The van der Waals surface area contributed by atoms with Gasteiger partial charge in [-0.05, 0) is 44.2 Å². The molecule has 0 bridgehead atoms. The van der Waals surface area contributed by atoms with Crippen molar-refractivity contribution in [2.75, 3.05) is 23.3 Å². The van der Waals surface area contributed by atoms with Crippen molar-refractivity contribution in [1.82, 2.24) is 4.98 Å². The van der Waals surface area contributed by atoms with Crippen molar-refractivity contribution in [3.8, 4) is 0 Å². The molecule has 0 radical (unpaired) electrons. The Morgan fingerprint density at radius 2 is 1.88 bits per heavy atom. The average molecular weight is 372 g/mol. The normalized spacial score (nSPS) is 11.3. The molecule has 0 aliphatic carbocycles. The van der Waals surface area contributed by atoms with Crippen LogP contribution in [-0.2, 0) is 6.18 Å². The van der Waals surface area contributed by atoms with Crippen LogP contribution >= 0.6 is 11.6 Å². The second-order valence-corrected chi connectivity index (χ2v) is 5.63. The number of benzene rings is 1. The molecule has 1 amide bonds. The van der Waals surface area contributed by atoms with E-state index >= 15 is 0 Å². The fraction of sp³-hybridized carbons (Fsp3) is 0.294. The standard InChI is InChI=1S/C17H17ClF3N3O/c1-3-24(4-2)15-8-5-11(10-22-15)16(25)23-14-9-12(17(19,20)21)6-7-13(14)18/h5-10H,3-4H2,1-2H3,(H,23,25). The Hall–Kier alpha value is -2.28. The van der Waals surface area contributed by atoms with E-state index in [1.54, 1.807) is 12.1 Å². The fourth-order valence-electron chi connectivity index (χ4n) is 2.25. The summed E-state index contributed by atoms with van der Waals surface area (Å²) in [5.41, 5.74) is -0.763. The number of hydrogen-bond acceptors (Lipinski definition) is 3. The molecule has 0 atom stereocenters. The molecule has 0 aliphatic rings. The maximum Gasteiger partial charge on any atom is 0.416 e. The lowest BCUT2D eigenvalue weighted by Crippen LogP contribution is -2.23. The monoisotopic (exact) mass is 371 g/mol. The van der Waals surface area contributed by atoms with Crippen molar-refractivity contribution in [3.05, 3.63) is 52.7 Å². The van der Waals surface area contributed by atoms with Crippen LogP contribution in [0.4, 0.5) is 24.7 Å². The molecule has 0 saturated heterocycles. The lowest BCUT2D eigenvalue weighted by atomic mass is 10.2. The van der Waals surface area contributed by atoms with Gasteiger partial charge >= 0.3 is 6.18 Å². The molecule has 0 spiro atoms. The molecule has 0 saturated carbocycles. The van der Waals surface area contributed by atoms with Crippen molar-refractivity contribution in [2.24, 2.45) is 0 Å². The van der Waals surface area contributed by atoms with Gasteiger partial charge in [0.15, 0.2) is 0 Å². The van der Waals surface area contributed by atoms with Gasteiger partial charge in [-0.15, -0.1) is 0 Å². The van der Waals surface area contributed by atoms with Gasteiger partial charge in [0.2, 0.25) is 0 Å². The number of nitrogens with zero attached hydrogens (tertiary/aromatic N) is 2. The first kappa shape index (κ1) is 19.1. The second kappa shape index (κ2) is 7.74. The van der Waals surface area contributed by atoms with E-state index in [4.69, 9.17) is 11.6 Å². The van der Waals surface area contributed by atoms with Gasteiger partial charge in [0.1, 0.15) is 5.82 Å². The van der Waals surface area contributed by atoms with Gasteiger partial charge in [0.25, 0.3) is 5.91 Å². The first-order valence-corrected chi connectivity index (χ1v) is 8.03. The molecule has 1 heterocycles. The highest BCUT2D eigenvalue weighted by molar-refractivity contribution is 6.34. The summed E-state index contributed by atoms with van der Waals surface area (Å²) in [6.07, 6.45) is -3.14. The number of amides is 1. The van der Waals surface area contributed by atoms with Crippen LogP contribution in [0.25, 0.3) is 0 Å². The van der Waals surface area contributed by atoms with Crippen LogP contribution in [0.3, 0.4) is 0 Å². The summed E-state index contributed by atoms with van der Waals surface area (Å²) in [5.74, 6) is 0.137. The van der Waals surface area contributed by atoms with Crippen LogP contribution in [0.5, 0.6) is 0 Å². The number of aromatic nitrogens is 1. The second-order valence-electron chi connectivity index (χ2n) is 5.22. The minimum Gasteiger partial charge on any atom is -0.357 e. The third-order valence-corrected chi connectivity index (χ3v) is 3.97. The smallest absolute Gasteiger partial charge is 0.357 e. The number of pyridine rings is 1. The van der Waals surface area contributed by atoms with Crippen LogP contribution in [-0.4, -0.2) is 24.0 Å². The van der Waals surface area contributed by atoms with E-state index in [0.29, 0.717) is 0 Å². The van der Waals surface area contributed by atoms with Crippen molar-refractivity contribution in [2.45, 2.75) is 20.0 Å². The van der Waals surface area contributed by atoms with Crippen molar-refractivity contribution in [3.63, 3.8) is 0 Å². The Kier molecular flexibility index (Phi) is 5.89. The maximum atomic E-state index is 12.8. The quantitative estimate of drug-likeness (QED) is 0.817. The Balaban J connectivity index is 2.20. The van der Waals surface area contributed by atoms with E-state index in [2.05, 4.69) is 10.3 Å². The highest BCUT2D eigenvalue weighted by Gasteiger charge is 2.31.